The summed E-state index contributed by atoms with van der Waals surface area (Å²) in [5, 5.41) is 12.4. The molecule has 0 radical (unpaired) electrons. The summed E-state index contributed by atoms with van der Waals surface area (Å²) in [6.07, 6.45) is 0. The van der Waals surface area contributed by atoms with Crippen molar-refractivity contribution in [2.24, 2.45) is 5.92 Å². The number of carbonyl (C=O) groups excluding carboxylic acids is 1. The highest BCUT2D eigenvalue weighted by molar-refractivity contribution is 9.09. The van der Waals surface area contributed by atoms with Gasteiger partial charge in [0.05, 0.1) is 10.6 Å². The van der Waals surface area contributed by atoms with Gasteiger partial charge in [0, 0.05) is 16.9 Å². The highest BCUT2D eigenvalue weighted by atomic mass is 79.9. The van der Waals surface area contributed by atoms with Crippen LogP contribution in [0.4, 0.5) is 5.69 Å². The first-order valence-electron chi connectivity index (χ1n) is 4.65. The number of benzene rings is 1. The summed E-state index contributed by atoms with van der Waals surface area (Å²) in [4.78, 5) is 11.6. The fourth-order valence-corrected chi connectivity index (χ4v) is 1.54. The minimum Gasteiger partial charge on any atom is -0.326 e. The fourth-order valence-electron chi connectivity index (χ4n) is 1.02. The molecule has 0 saturated carbocycles. The Balaban J connectivity index is 2.80. The lowest BCUT2D eigenvalue weighted by Gasteiger charge is -2.09. The minimum atomic E-state index is -0.116. The van der Waals surface area contributed by atoms with Gasteiger partial charge in [-0.15, -0.1) is 0 Å². The fraction of sp³-hybridized carbons (Fsp3) is 0.273. The second-order valence-electron chi connectivity index (χ2n) is 3.35. The summed E-state index contributed by atoms with van der Waals surface area (Å²) in [5.41, 5.74) is 0.995. The average Bonchev–Trinajstić information content (AvgIpc) is 2.28. The lowest BCUT2D eigenvalue weighted by molar-refractivity contribution is -0.118. The number of nitrogens with zero attached hydrogens (tertiary/aromatic N) is 1. The van der Waals surface area contributed by atoms with E-state index in [2.05, 4.69) is 21.2 Å². The molecule has 0 saturated heterocycles. The Hall–Kier alpha value is -1.05. The third kappa shape index (κ3) is 3.22. The third-order valence-corrected chi connectivity index (χ3v) is 3.32. The third-order valence-electron chi connectivity index (χ3n) is 2.04. The van der Waals surface area contributed by atoms with Gasteiger partial charge in [-0.3, -0.25) is 4.79 Å². The van der Waals surface area contributed by atoms with Crippen molar-refractivity contribution in [3.63, 3.8) is 0 Å². The minimum absolute atomic E-state index is 0.0855. The molecular formula is C11H10BrClN2O. The highest BCUT2D eigenvalue weighted by Gasteiger charge is 2.11. The Bertz CT molecular complexity index is 442. The van der Waals surface area contributed by atoms with Crippen molar-refractivity contribution >= 4 is 39.1 Å². The summed E-state index contributed by atoms with van der Waals surface area (Å²) >= 11 is 9.08. The quantitative estimate of drug-likeness (QED) is 0.872. The SMILES string of the molecule is C[C@H](CBr)C(=O)Nc1ccc(C#N)c(Cl)c1. The van der Waals surface area contributed by atoms with Crippen LogP contribution < -0.4 is 5.32 Å². The van der Waals surface area contributed by atoms with Gasteiger partial charge in [0.25, 0.3) is 0 Å². The smallest absolute Gasteiger partial charge is 0.228 e. The predicted molar refractivity (Wildman–Crippen MR) is 67.8 cm³/mol. The van der Waals surface area contributed by atoms with Crippen LogP contribution in [0.5, 0.6) is 0 Å². The Labute approximate surface area is 108 Å². The van der Waals surface area contributed by atoms with Crippen molar-refractivity contribution < 1.29 is 4.79 Å². The van der Waals surface area contributed by atoms with Gasteiger partial charge in [-0.2, -0.15) is 5.26 Å². The maximum Gasteiger partial charge on any atom is 0.228 e. The van der Waals surface area contributed by atoms with Crippen LogP contribution in [0.25, 0.3) is 0 Å². The zero-order valence-corrected chi connectivity index (χ0v) is 11.0. The molecule has 0 fully saturated rings. The molecule has 1 rings (SSSR count). The summed E-state index contributed by atoms with van der Waals surface area (Å²) in [6, 6.07) is 6.76. The molecule has 3 nitrogen and oxygen atoms in total. The van der Waals surface area contributed by atoms with Crippen LogP contribution in [0.15, 0.2) is 18.2 Å². The lowest BCUT2D eigenvalue weighted by atomic mass is 10.2. The number of nitriles is 1. The molecule has 1 aromatic rings. The van der Waals surface area contributed by atoms with Gasteiger partial charge in [0.2, 0.25) is 5.91 Å². The number of halogens is 2. The average molecular weight is 302 g/mol. The number of amides is 1. The zero-order chi connectivity index (χ0) is 12.1. The van der Waals surface area contributed by atoms with Gasteiger partial charge >= 0.3 is 0 Å². The van der Waals surface area contributed by atoms with Crippen LogP contribution in [0.2, 0.25) is 5.02 Å². The summed E-state index contributed by atoms with van der Waals surface area (Å²) < 4.78 is 0. The molecule has 84 valence electrons. The first-order chi connectivity index (χ1) is 7.58. The Morgan fingerprint density at radius 1 is 1.69 bits per heavy atom. The second-order valence-corrected chi connectivity index (χ2v) is 4.41. The number of rotatable bonds is 3. The van der Waals surface area contributed by atoms with Gasteiger partial charge < -0.3 is 5.32 Å². The van der Waals surface area contributed by atoms with E-state index in [0.717, 1.165) is 0 Å². The van der Waals surface area contributed by atoms with Crippen molar-refractivity contribution in [3.05, 3.63) is 28.8 Å². The van der Waals surface area contributed by atoms with E-state index in [0.29, 0.717) is 21.6 Å². The van der Waals surface area contributed by atoms with Gasteiger partial charge in [-0.25, -0.2) is 0 Å². The molecule has 0 aliphatic heterocycles. The van der Waals surface area contributed by atoms with Gasteiger partial charge in [-0.1, -0.05) is 34.5 Å². The largest absolute Gasteiger partial charge is 0.326 e. The number of hydrogen-bond acceptors (Lipinski definition) is 2. The number of alkyl halides is 1. The van der Waals surface area contributed by atoms with E-state index in [9.17, 15) is 4.79 Å². The summed E-state index contributed by atoms with van der Waals surface area (Å²) in [6.45, 7) is 1.81. The van der Waals surface area contributed by atoms with E-state index in [1.54, 1.807) is 18.2 Å². The van der Waals surface area contributed by atoms with Crippen molar-refractivity contribution in [2.75, 3.05) is 10.6 Å². The standard InChI is InChI=1S/C11H10BrClN2O/c1-7(5-12)11(16)15-9-3-2-8(6-14)10(13)4-9/h2-4,7H,5H2,1H3,(H,15,16)/t7-/m1/s1. The molecule has 0 bridgehead atoms. The normalized spacial score (nSPS) is 11.6. The summed E-state index contributed by atoms with van der Waals surface area (Å²) in [5.74, 6) is -0.202. The molecular weight excluding hydrogens is 291 g/mol. The molecule has 16 heavy (non-hydrogen) atoms. The van der Waals surface area contributed by atoms with E-state index in [1.165, 1.54) is 0 Å². The van der Waals surface area contributed by atoms with E-state index < -0.39 is 0 Å². The maximum atomic E-state index is 11.6. The van der Waals surface area contributed by atoms with Crippen LogP contribution in [0.1, 0.15) is 12.5 Å². The van der Waals surface area contributed by atoms with E-state index in [4.69, 9.17) is 16.9 Å². The van der Waals surface area contributed by atoms with Crippen LogP contribution in [-0.4, -0.2) is 11.2 Å². The van der Waals surface area contributed by atoms with Crippen LogP contribution in [0, 0.1) is 17.2 Å². The maximum absolute atomic E-state index is 11.6. The van der Waals surface area contributed by atoms with Gasteiger partial charge in [0.15, 0.2) is 0 Å². The molecule has 5 heteroatoms. The van der Waals surface area contributed by atoms with Crippen molar-refractivity contribution in [2.45, 2.75) is 6.92 Å². The van der Waals surface area contributed by atoms with E-state index >= 15 is 0 Å². The molecule has 0 aromatic heterocycles. The van der Waals surface area contributed by atoms with E-state index in [-0.39, 0.29) is 11.8 Å². The first-order valence-corrected chi connectivity index (χ1v) is 6.15. The molecule has 0 aliphatic rings. The Morgan fingerprint density at radius 2 is 2.38 bits per heavy atom. The molecule has 0 heterocycles. The van der Waals surface area contributed by atoms with Crippen molar-refractivity contribution in [1.82, 2.24) is 0 Å². The topological polar surface area (TPSA) is 52.9 Å². The molecule has 0 spiro atoms. The first kappa shape index (κ1) is 13.0. The predicted octanol–water partition coefficient (Wildman–Crippen LogP) is 3.18. The number of anilines is 1. The van der Waals surface area contributed by atoms with Crippen molar-refractivity contribution in [3.8, 4) is 6.07 Å². The molecule has 0 aliphatic carbocycles. The van der Waals surface area contributed by atoms with Crippen LogP contribution in [0.3, 0.4) is 0 Å². The Morgan fingerprint density at radius 3 is 2.88 bits per heavy atom. The molecule has 0 unspecified atom stereocenters. The van der Waals surface area contributed by atoms with Gasteiger partial charge in [-0.05, 0) is 18.2 Å². The van der Waals surface area contributed by atoms with Crippen LogP contribution >= 0.6 is 27.5 Å². The molecule has 1 amide bonds. The molecule has 1 aromatic carbocycles. The number of carbonyl (C=O) groups is 1. The number of nitrogens with one attached hydrogen (secondary N) is 1. The second kappa shape index (κ2) is 5.88. The van der Waals surface area contributed by atoms with Crippen molar-refractivity contribution in [1.29, 1.82) is 5.26 Å². The van der Waals surface area contributed by atoms with E-state index in [1.807, 2.05) is 13.0 Å². The highest BCUT2D eigenvalue weighted by Crippen LogP contribution is 2.20. The molecule has 1 N–H and O–H groups in total. The summed E-state index contributed by atoms with van der Waals surface area (Å²) in [7, 11) is 0. The monoisotopic (exact) mass is 300 g/mol. The Kier molecular flexibility index (Phi) is 4.78. The molecule has 1 atom stereocenters. The van der Waals surface area contributed by atoms with Gasteiger partial charge in [0.1, 0.15) is 6.07 Å². The zero-order valence-electron chi connectivity index (χ0n) is 8.63. The number of hydrogen-bond donors (Lipinski definition) is 1. The van der Waals surface area contributed by atoms with Crippen LogP contribution in [-0.2, 0) is 4.79 Å². The lowest BCUT2D eigenvalue weighted by Crippen LogP contribution is -2.21.